The van der Waals surface area contributed by atoms with Crippen LogP contribution in [0.2, 0.25) is 0 Å². The quantitative estimate of drug-likeness (QED) is 0.544. The Balaban J connectivity index is 2.65. The van der Waals surface area contributed by atoms with Crippen molar-refractivity contribution in [3.63, 3.8) is 0 Å². The standard InChI is InChI=1S/C10H21NO4/c1-14-6-9-7(4-12)8(5-13)10(15-2)3-11-9/h7-13H,3-6H2,1-2H3. The Morgan fingerprint density at radius 2 is 1.87 bits per heavy atom. The highest BCUT2D eigenvalue weighted by molar-refractivity contribution is 4.91. The first-order valence-electron chi connectivity index (χ1n) is 5.25. The van der Waals surface area contributed by atoms with Gasteiger partial charge in [-0.2, -0.15) is 0 Å². The van der Waals surface area contributed by atoms with E-state index in [1.54, 1.807) is 14.2 Å². The van der Waals surface area contributed by atoms with Gasteiger partial charge in [-0.15, -0.1) is 0 Å². The molecule has 1 heterocycles. The first-order valence-corrected chi connectivity index (χ1v) is 5.25. The first kappa shape index (κ1) is 12.9. The van der Waals surface area contributed by atoms with Crippen LogP contribution in [0.4, 0.5) is 0 Å². The molecule has 0 amide bonds. The van der Waals surface area contributed by atoms with E-state index < -0.39 is 0 Å². The molecule has 1 aliphatic heterocycles. The van der Waals surface area contributed by atoms with E-state index in [2.05, 4.69) is 5.32 Å². The fourth-order valence-electron chi connectivity index (χ4n) is 2.28. The number of piperidine rings is 1. The number of aliphatic hydroxyl groups is 2. The SMILES string of the molecule is COCC1NCC(OC)C(CO)C1CO. The van der Waals surface area contributed by atoms with Crippen molar-refractivity contribution in [2.24, 2.45) is 11.8 Å². The Bertz CT molecular complexity index is 179. The second-order valence-electron chi connectivity index (χ2n) is 3.94. The molecule has 0 aromatic carbocycles. The minimum absolute atomic E-state index is 0.0198. The maximum atomic E-state index is 9.34. The summed E-state index contributed by atoms with van der Waals surface area (Å²) in [6.45, 7) is 1.29. The van der Waals surface area contributed by atoms with Gasteiger partial charge in [0.15, 0.2) is 0 Å². The van der Waals surface area contributed by atoms with Gasteiger partial charge in [-0.3, -0.25) is 0 Å². The van der Waals surface area contributed by atoms with Crippen LogP contribution in [-0.2, 0) is 9.47 Å². The van der Waals surface area contributed by atoms with Crippen LogP contribution >= 0.6 is 0 Å². The number of nitrogens with one attached hydrogen (secondary N) is 1. The Morgan fingerprint density at radius 1 is 1.20 bits per heavy atom. The van der Waals surface area contributed by atoms with Crippen LogP contribution in [0, 0.1) is 11.8 Å². The van der Waals surface area contributed by atoms with Crippen LogP contribution in [0.1, 0.15) is 0 Å². The lowest BCUT2D eigenvalue weighted by Gasteiger charge is -2.41. The van der Waals surface area contributed by atoms with Crippen molar-refractivity contribution in [1.82, 2.24) is 5.32 Å². The fraction of sp³-hybridized carbons (Fsp3) is 1.00. The monoisotopic (exact) mass is 219 g/mol. The summed E-state index contributed by atoms with van der Waals surface area (Å²) < 4.78 is 10.4. The summed E-state index contributed by atoms with van der Waals surface area (Å²) in [5.74, 6) is -0.0463. The number of rotatable bonds is 5. The molecule has 1 aliphatic rings. The molecule has 90 valence electrons. The highest BCUT2D eigenvalue weighted by atomic mass is 16.5. The molecule has 0 aliphatic carbocycles. The fourth-order valence-corrected chi connectivity index (χ4v) is 2.28. The van der Waals surface area contributed by atoms with Gasteiger partial charge in [-0.1, -0.05) is 0 Å². The van der Waals surface area contributed by atoms with Crippen molar-refractivity contribution in [3.05, 3.63) is 0 Å². The van der Waals surface area contributed by atoms with Gasteiger partial charge in [0.05, 0.1) is 12.7 Å². The normalized spacial score (nSPS) is 36.8. The van der Waals surface area contributed by atoms with Crippen molar-refractivity contribution in [1.29, 1.82) is 0 Å². The largest absolute Gasteiger partial charge is 0.396 e. The van der Waals surface area contributed by atoms with Crippen LogP contribution in [-0.4, -0.2) is 62.9 Å². The molecule has 1 saturated heterocycles. The Labute approximate surface area is 90.4 Å². The number of hydrogen-bond donors (Lipinski definition) is 3. The van der Waals surface area contributed by atoms with Crippen LogP contribution in [0.3, 0.4) is 0 Å². The topological polar surface area (TPSA) is 71.0 Å². The number of aliphatic hydroxyl groups excluding tert-OH is 2. The highest BCUT2D eigenvalue weighted by Gasteiger charge is 2.38. The molecule has 0 bridgehead atoms. The predicted molar refractivity (Wildman–Crippen MR) is 55.6 cm³/mol. The zero-order chi connectivity index (χ0) is 11.3. The second-order valence-corrected chi connectivity index (χ2v) is 3.94. The minimum atomic E-state index is -0.0414. The average molecular weight is 219 g/mol. The van der Waals surface area contributed by atoms with Crippen molar-refractivity contribution < 1.29 is 19.7 Å². The van der Waals surface area contributed by atoms with E-state index in [0.29, 0.717) is 13.2 Å². The molecular weight excluding hydrogens is 198 g/mol. The number of hydrogen-bond acceptors (Lipinski definition) is 5. The van der Waals surface area contributed by atoms with E-state index in [0.717, 1.165) is 0 Å². The van der Waals surface area contributed by atoms with Gasteiger partial charge in [0.1, 0.15) is 0 Å². The maximum Gasteiger partial charge on any atom is 0.0749 e. The van der Waals surface area contributed by atoms with E-state index in [-0.39, 0.29) is 37.2 Å². The Morgan fingerprint density at radius 3 is 2.33 bits per heavy atom. The summed E-state index contributed by atoms with van der Waals surface area (Å²) in [5, 5.41) is 21.9. The highest BCUT2D eigenvalue weighted by Crippen LogP contribution is 2.25. The van der Waals surface area contributed by atoms with E-state index in [1.165, 1.54) is 0 Å². The van der Waals surface area contributed by atoms with E-state index in [1.807, 2.05) is 0 Å². The van der Waals surface area contributed by atoms with Crippen molar-refractivity contribution >= 4 is 0 Å². The van der Waals surface area contributed by atoms with Gasteiger partial charge in [0.25, 0.3) is 0 Å². The zero-order valence-corrected chi connectivity index (χ0v) is 9.35. The molecule has 4 unspecified atom stereocenters. The molecule has 1 fully saturated rings. The second kappa shape index (κ2) is 6.40. The molecule has 1 rings (SSSR count). The van der Waals surface area contributed by atoms with Crippen molar-refractivity contribution in [3.8, 4) is 0 Å². The van der Waals surface area contributed by atoms with E-state index in [9.17, 15) is 10.2 Å². The van der Waals surface area contributed by atoms with Crippen LogP contribution in [0.15, 0.2) is 0 Å². The molecule has 3 N–H and O–H groups in total. The lowest BCUT2D eigenvalue weighted by Crippen LogP contribution is -2.57. The summed E-state index contributed by atoms with van der Waals surface area (Å²) in [6.07, 6.45) is -0.0414. The lowest BCUT2D eigenvalue weighted by molar-refractivity contribution is -0.0589. The summed E-state index contributed by atoms with van der Waals surface area (Å²) in [6, 6.07) is 0.0866. The summed E-state index contributed by atoms with van der Waals surface area (Å²) in [5.41, 5.74) is 0. The molecule has 5 nitrogen and oxygen atoms in total. The molecule has 0 aromatic heterocycles. The number of methoxy groups -OCH3 is 2. The molecule has 0 radical (unpaired) electrons. The Kier molecular flexibility index (Phi) is 5.49. The average Bonchev–Trinajstić information content (AvgIpc) is 2.28. The third kappa shape index (κ3) is 2.89. The molecule has 0 saturated carbocycles. The minimum Gasteiger partial charge on any atom is -0.396 e. The summed E-state index contributed by atoms with van der Waals surface area (Å²) in [7, 11) is 3.26. The smallest absolute Gasteiger partial charge is 0.0749 e. The third-order valence-corrected chi connectivity index (χ3v) is 3.20. The number of ether oxygens (including phenoxy) is 2. The molecule has 5 heteroatoms. The Hall–Kier alpha value is -0.200. The molecule has 0 spiro atoms. The van der Waals surface area contributed by atoms with Gasteiger partial charge in [0.2, 0.25) is 0 Å². The summed E-state index contributed by atoms with van der Waals surface area (Å²) >= 11 is 0. The van der Waals surface area contributed by atoms with E-state index >= 15 is 0 Å². The molecule has 0 aromatic rings. The van der Waals surface area contributed by atoms with Gasteiger partial charge in [-0.05, 0) is 0 Å². The molecular formula is C10H21NO4. The molecule has 4 atom stereocenters. The van der Waals surface area contributed by atoms with Gasteiger partial charge in [-0.25, -0.2) is 0 Å². The van der Waals surface area contributed by atoms with Crippen LogP contribution < -0.4 is 5.32 Å². The van der Waals surface area contributed by atoms with Gasteiger partial charge >= 0.3 is 0 Å². The summed E-state index contributed by atoms with van der Waals surface area (Å²) in [4.78, 5) is 0. The van der Waals surface area contributed by atoms with E-state index in [4.69, 9.17) is 9.47 Å². The molecule has 15 heavy (non-hydrogen) atoms. The zero-order valence-electron chi connectivity index (χ0n) is 9.35. The predicted octanol–water partition coefficient (Wildman–Crippen LogP) is -1.16. The third-order valence-electron chi connectivity index (χ3n) is 3.20. The van der Waals surface area contributed by atoms with Crippen molar-refractivity contribution in [2.75, 3.05) is 40.6 Å². The van der Waals surface area contributed by atoms with Gasteiger partial charge in [0, 0.05) is 51.9 Å². The lowest BCUT2D eigenvalue weighted by atomic mass is 9.80. The van der Waals surface area contributed by atoms with Crippen LogP contribution in [0.5, 0.6) is 0 Å². The maximum absolute atomic E-state index is 9.34. The van der Waals surface area contributed by atoms with Crippen LogP contribution in [0.25, 0.3) is 0 Å². The van der Waals surface area contributed by atoms with Crippen molar-refractivity contribution in [2.45, 2.75) is 12.1 Å². The van der Waals surface area contributed by atoms with Gasteiger partial charge < -0.3 is 25.0 Å². The first-order chi connectivity index (χ1) is 7.28.